The van der Waals surface area contributed by atoms with Crippen LogP contribution in [0.3, 0.4) is 0 Å². The molecule has 3 nitrogen and oxygen atoms in total. The van der Waals surface area contributed by atoms with Gasteiger partial charge in [-0.25, -0.2) is 0 Å². The molecule has 2 N–H and O–H groups in total. The molecule has 0 unspecified atom stereocenters. The maximum Gasteiger partial charge on any atom is 0.248 e. The standard InChI is InChI=1S/C22H20N2O/c1-17-7-9-18(10-8-17)11-16-22(25)24-21-14-12-20(13-15-21)23-19-5-3-2-4-6-19/h2-16,23H,1H3,(H,24,25). The predicted molar refractivity (Wildman–Crippen MR) is 105 cm³/mol. The molecule has 3 aromatic rings. The minimum atomic E-state index is -0.149. The zero-order valence-electron chi connectivity index (χ0n) is 14.1. The summed E-state index contributed by atoms with van der Waals surface area (Å²) in [7, 11) is 0. The summed E-state index contributed by atoms with van der Waals surface area (Å²) in [6.07, 6.45) is 3.35. The van der Waals surface area contributed by atoms with Crippen molar-refractivity contribution in [3.63, 3.8) is 0 Å². The van der Waals surface area contributed by atoms with E-state index in [1.807, 2.05) is 85.8 Å². The van der Waals surface area contributed by atoms with E-state index in [-0.39, 0.29) is 5.91 Å². The number of carbonyl (C=O) groups is 1. The summed E-state index contributed by atoms with van der Waals surface area (Å²) >= 11 is 0. The van der Waals surface area contributed by atoms with Crippen LogP contribution >= 0.6 is 0 Å². The lowest BCUT2D eigenvalue weighted by Crippen LogP contribution is -2.07. The number of aryl methyl sites for hydroxylation is 1. The van der Waals surface area contributed by atoms with E-state index in [0.29, 0.717) is 0 Å². The first-order chi connectivity index (χ1) is 12.2. The van der Waals surface area contributed by atoms with E-state index in [2.05, 4.69) is 10.6 Å². The van der Waals surface area contributed by atoms with Crippen LogP contribution in [-0.2, 0) is 4.79 Å². The van der Waals surface area contributed by atoms with Crippen molar-refractivity contribution >= 4 is 29.0 Å². The third kappa shape index (κ3) is 5.08. The second kappa shape index (κ2) is 7.97. The van der Waals surface area contributed by atoms with Gasteiger partial charge in [0.1, 0.15) is 0 Å². The summed E-state index contributed by atoms with van der Waals surface area (Å²) in [5.74, 6) is -0.149. The van der Waals surface area contributed by atoms with Crippen molar-refractivity contribution in [1.82, 2.24) is 0 Å². The van der Waals surface area contributed by atoms with E-state index in [1.54, 1.807) is 12.2 Å². The summed E-state index contributed by atoms with van der Waals surface area (Å²) in [6.45, 7) is 2.04. The first-order valence-corrected chi connectivity index (χ1v) is 8.17. The average Bonchev–Trinajstić information content (AvgIpc) is 2.64. The van der Waals surface area contributed by atoms with E-state index < -0.39 is 0 Å². The van der Waals surface area contributed by atoms with Crippen molar-refractivity contribution in [3.8, 4) is 0 Å². The van der Waals surface area contributed by atoms with E-state index in [4.69, 9.17) is 0 Å². The number of nitrogens with one attached hydrogen (secondary N) is 2. The van der Waals surface area contributed by atoms with Gasteiger partial charge in [0.25, 0.3) is 0 Å². The molecule has 0 aliphatic heterocycles. The van der Waals surface area contributed by atoms with E-state index in [0.717, 1.165) is 22.6 Å². The Morgan fingerprint density at radius 3 is 2.04 bits per heavy atom. The second-order valence-electron chi connectivity index (χ2n) is 5.80. The molecule has 0 saturated heterocycles. The van der Waals surface area contributed by atoms with E-state index in [9.17, 15) is 4.79 Å². The van der Waals surface area contributed by atoms with Gasteiger partial charge >= 0.3 is 0 Å². The smallest absolute Gasteiger partial charge is 0.248 e. The Morgan fingerprint density at radius 1 is 0.760 bits per heavy atom. The summed E-state index contributed by atoms with van der Waals surface area (Å²) in [5, 5.41) is 6.17. The molecule has 3 rings (SSSR count). The molecule has 3 aromatic carbocycles. The van der Waals surface area contributed by atoms with Crippen LogP contribution in [-0.4, -0.2) is 5.91 Å². The van der Waals surface area contributed by atoms with Crippen molar-refractivity contribution < 1.29 is 4.79 Å². The lowest BCUT2D eigenvalue weighted by molar-refractivity contribution is -0.111. The lowest BCUT2D eigenvalue weighted by atomic mass is 10.1. The fourth-order valence-electron chi connectivity index (χ4n) is 2.36. The predicted octanol–water partition coefficient (Wildman–Crippen LogP) is 5.39. The van der Waals surface area contributed by atoms with Crippen LogP contribution in [0.4, 0.5) is 17.1 Å². The number of carbonyl (C=O) groups excluding carboxylic acids is 1. The maximum atomic E-state index is 12.0. The maximum absolute atomic E-state index is 12.0. The highest BCUT2D eigenvalue weighted by molar-refractivity contribution is 6.02. The van der Waals surface area contributed by atoms with E-state index >= 15 is 0 Å². The Kier molecular flexibility index (Phi) is 5.27. The monoisotopic (exact) mass is 328 g/mol. The van der Waals surface area contributed by atoms with Crippen LogP contribution in [0.15, 0.2) is 84.9 Å². The first-order valence-electron chi connectivity index (χ1n) is 8.17. The summed E-state index contributed by atoms with van der Waals surface area (Å²) < 4.78 is 0. The molecule has 124 valence electrons. The van der Waals surface area contributed by atoms with Gasteiger partial charge in [-0.1, -0.05) is 48.0 Å². The number of hydrogen-bond donors (Lipinski definition) is 2. The third-order valence-corrected chi connectivity index (χ3v) is 3.72. The molecule has 0 heterocycles. The molecule has 0 atom stereocenters. The molecule has 1 amide bonds. The highest BCUT2D eigenvalue weighted by Gasteiger charge is 1.99. The zero-order chi connectivity index (χ0) is 17.5. The van der Waals surface area contributed by atoms with Gasteiger partial charge in [-0.3, -0.25) is 4.79 Å². The fourth-order valence-corrected chi connectivity index (χ4v) is 2.36. The minimum absolute atomic E-state index is 0.149. The molecule has 0 saturated carbocycles. The fraction of sp³-hybridized carbons (Fsp3) is 0.0455. The number of anilines is 3. The highest BCUT2D eigenvalue weighted by atomic mass is 16.1. The van der Waals surface area contributed by atoms with Crippen molar-refractivity contribution in [2.45, 2.75) is 6.92 Å². The molecule has 0 spiro atoms. The van der Waals surface area contributed by atoms with Gasteiger partial charge in [0.15, 0.2) is 0 Å². The second-order valence-corrected chi connectivity index (χ2v) is 5.80. The Morgan fingerprint density at radius 2 is 1.36 bits per heavy atom. The van der Waals surface area contributed by atoms with Crippen LogP contribution in [0.25, 0.3) is 6.08 Å². The van der Waals surface area contributed by atoms with E-state index in [1.165, 1.54) is 5.56 Å². The van der Waals surface area contributed by atoms with Crippen LogP contribution in [0.1, 0.15) is 11.1 Å². The quantitative estimate of drug-likeness (QED) is 0.616. The summed E-state index contributed by atoms with van der Waals surface area (Å²) in [6, 6.07) is 25.6. The Hall–Kier alpha value is -3.33. The molecular weight excluding hydrogens is 308 g/mol. The zero-order valence-corrected chi connectivity index (χ0v) is 14.1. The Balaban J connectivity index is 1.57. The largest absolute Gasteiger partial charge is 0.356 e. The van der Waals surface area contributed by atoms with Crippen LogP contribution in [0, 0.1) is 6.92 Å². The van der Waals surface area contributed by atoms with Gasteiger partial charge in [-0.2, -0.15) is 0 Å². The third-order valence-electron chi connectivity index (χ3n) is 3.72. The molecule has 0 radical (unpaired) electrons. The molecule has 0 aromatic heterocycles. The lowest BCUT2D eigenvalue weighted by Gasteiger charge is -2.07. The topological polar surface area (TPSA) is 41.1 Å². The van der Waals surface area contributed by atoms with Crippen molar-refractivity contribution in [3.05, 3.63) is 96.1 Å². The van der Waals surface area contributed by atoms with Crippen molar-refractivity contribution in [1.29, 1.82) is 0 Å². The van der Waals surface area contributed by atoms with Gasteiger partial charge in [-0.15, -0.1) is 0 Å². The van der Waals surface area contributed by atoms with Crippen molar-refractivity contribution in [2.24, 2.45) is 0 Å². The SMILES string of the molecule is Cc1ccc(C=CC(=O)Nc2ccc(Nc3ccccc3)cc2)cc1. The average molecular weight is 328 g/mol. The molecule has 0 aliphatic rings. The molecule has 0 aliphatic carbocycles. The van der Waals surface area contributed by atoms with Crippen LogP contribution in [0.2, 0.25) is 0 Å². The number of benzene rings is 3. The molecular formula is C22H20N2O. The highest BCUT2D eigenvalue weighted by Crippen LogP contribution is 2.18. The van der Waals surface area contributed by atoms with Crippen molar-refractivity contribution in [2.75, 3.05) is 10.6 Å². The minimum Gasteiger partial charge on any atom is -0.356 e. The van der Waals surface area contributed by atoms with Gasteiger partial charge in [-0.05, 0) is 55.0 Å². The van der Waals surface area contributed by atoms with Gasteiger partial charge in [0.05, 0.1) is 0 Å². The Labute approximate surface area is 148 Å². The first kappa shape index (κ1) is 16.5. The molecule has 25 heavy (non-hydrogen) atoms. The van der Waals surface area contributed by atoms with Gasteiger partial charge in [0, 0.05) is 23.1 Å². The van der Waals surface area contributed by atoms with Crippen LogP contribution < -0.4 is 10.6 Å². The Bertz CT molecular complexity index is 851. The van der Waals surface area contributed by atoms with Gasteiger partial charge in [0.2, 0.25) is 5.91 Å². The molecule has 3 heteroatoms. The number of amides is 1. The summed E-state index contributed by atoms with van der Waals surface area (Å²) in [5.41, 5.74) is 4.96. The molecule has 0 fully saturated rings. The van der Waals surface area contributed by atoms with Gasteiger partial charge < -0.3 is 10.6 Å². The molecule has 0 bridgehead atoms. The normalized spacial score (nSPS) is 10.6. The number of hydrogen-bond acceptors (Lipinski definition) is 2. The van der Waals surface area contributed by atoms with Crippen LogP contribution in [0.5, 0.6) is 0 Å². The number of rotatable bonds is 5. The number of para-hydroxylation sites is 1. The summed E-state index contributed by atoms with van der Waals surface area (Å²) in [4.78, 5) is 12.0.